The van der Waals surface area contributed by atoms with Gasteiger partial charge in [-0.05, 0) is 61.4 Å². The van der Waals surface area contributed by atoms with Crippen LogP contribution >= 0.6 is 0 Å². The molecule has 0 unspecified atom stereocenters. The molecule has 2 aromatic carbocycles. The van der Waals surface area contributed by atoms with Crippen molar-refractivity contribution >= 4 is 17.4 Å². The van der Waals surface area contributed by atoms with E-state index in [0.29, 0.717) is 16.7 Å². The van der Waals surface area contributed by atoms with Gasteiger partial charge in [0.25, 0.3) is 5.91 Å². The fourth-order valence-corrected chi connectivity index (χ4v) is 2.99. The number of nitrogens with one attached hydrogen (secondary N) is 1. The molecule has 3 aromatic rings. The van der Waals surface area contributed by atoms with Crippen LogP contribution in [-0.2, 0) is 9.53 Å². The number of amides is 1. The normalized spacial score (nSPS) is 11.4. The molecule has 1 amide bonds. The maximum absolute atomic E-state index is 13.4. The number of carbonyl (C=O) groups is 2. The third-order valence-corrected chi connectivity index (χ3v) is 4.57. The van der Waals surface area contributed by atoms with Gasteiger partial charge in [-0.1, -0.05) is 24.3 Å². The van der Waals surface area contributed by atoms with E-state index < -0.39 is 29.6 Å². The van der Waals surface area contributed by atoms with Crippen molar-refractivity contribution in [2.24, 2.45) is 0 Å². The molecule has 0 aliphatic heterocycles. The van der Waals surface area contributed by atoms with Crippen LogP contribution in [0.25, 0.3) is 5.57 Å². The van der Waals surface area contributed by atoms with E-state index >= 15 is 0 Å². The fraction of sp³-hybridized carbons (Fsp3) is 0.125. The SMILES string of the molecule is CC(OC(=O)[C@H](C)NC(=O)c1ncccc1O)=C(c1ccc(F)cc1)c1ccc(F)cc1. The Morgan fingerprint density at radius 2 is 1.50 bits per heavy atom. The van der Waals surface area contributed by atoms with Crippen LogP contribution in [0.5, 0.6) is 5.75 Å². The summed E-state index contributed by atoms with van der Waals surface area (Å²) in [5, 5.41) is 12.2. The monoisotopic (exact) mass is 438 g/mol. The zero-order valence-electron chi connectivity index (χ0n) is 17.3. The van der Waals surface area contributed by atoms with Gasteiger partial charge in [0, 0.05) is 11.8 Å². The van der Waals surface area contributed by atoms with Gasteiger partial charge < -0.3 is 15.2 Å². The third-order valence-electron chi connectivity index (χ3n) is 4.57. The number of hydrogen-bond donors (Lipinski definition) is 2. The quantitative estimate of drug-likeness (QED) is 0.445. The topological polar surface area (TPSA) is 88.5 Å². The summed E-state index contributed by atoms with van der Waals surface area (Å²) in [5.74, 6) is -2.53. The van der Waals surface area contributed by atoms with Crippen LogP contribution in [0.1, 0.15) is 35.5 Å². The lowest BCUT2D eigenvalue weighted by atomic mass is 9.97. The number of carbonyl (C=O) groups excluding carboxylic acids is 2. The van der Waals surface area contributed by atoms with E-state index in [1.807, 2.05) is 0 Å². The number of aromatic hydroxyl groups is 1. The highest BCUT2D eigenvalue weighted by atomic mass is 19.1. The van der Waals surface area contributed by atoms with Crippen molar-refractivity contribution in [2.45, 2.75) is 19.9 Å². The molecule has 32 heavy (non-hydrogen) atoms. The highest BCUT2D eigenvalue weighted by molar-refractivity contribution is 5.97. The van der Waals surface area contributed by atoms with Crippen LogP contribution in [0.3, 0.4) is 0 Å². The molecule has 0 saturated heterocycles. The summed E-state index contributed by atoms with van der Waals surface area (Å²) >= 11 is 0. The minimum atomic E-state index is -1.07. The molecule has 0 aliphatic carbocycles. The van der Waals surface area contributed by atoms with Gasteiger partial charge in [-0.3, -0.25) is 4.79 Å². The van der Waals surface area contributed by atoms with Crippen LogP contribution in [0, 0.1) is 11.6 Å². The molecule has 0 radical (unpaired) electrons. The second-order valence-electron chi connectivity index (χ2n) is 6.93. The van der Waals surface area contributed by atoms with Gasteiger partial charge in [-0.2, -0.15) is 0 Å². The highest BCUT2D eigenvalue weighted by Gasteiger charge is 2.22. The van der Waals surface area contributed by atoms with Crippen LogP contribution in [0.2, 0.25) is 0 Å². The van der Waals surface area contributed by atoms with E-state index in [9.17, 15) is 23.5 Å². The average Bonchev–Trinajstić information content (AvgIpc) is 2.76. The molecule has 0 aliphatic rings. The Morgan fingerprint density at radius 3 is 2.00 bits per heavy atom. The zero-order valence-corrected chi connectivity index (χ0v) is 17.3. The number of allylic oxidation sites excluding steroid dienone is 1. The fourth-order valence-electron chi connectivity index (χ4n) is 2.99. The third kappa shape index (κ3) is 5.34. The molecule has 164 valence electrons. The van der Waals surface area contributed by atoms with Gasteiger partial charge in [0.15, 0.2) is 5.69 Å². The minimum absolute atomic E-state index is 0.176. The Labute approximate surface area is 183 Å². The Balaban J connectivity index is 1.85. The molecule has 1 aromatic heterocycles. The van der Waals surface area contributed by atoms with Crippen LogP contribution in [0.4, 0.5) is 8.78 Å². The van der Waals surface area contributed by atoms with Crippen LogP contribution in [-0.4, -0.2) is 28.0 Å². The standard InChI is InChI=1S/C24H20F2N2O4/c1-14(28-23(30)22-20(29)4-3-13-27-22)24(31)32-15(2)21(16-5-9-18(25)10-6-16)17-7-11-19(26)12-8-17/h3-14,29H,1-2H3,(H,28,30)/t14-/m0/s1. The van der Waals surface area contributed by atoms with Gasteiger partial charge in [-0.25, -0.2) is 18.6 Å². The van der Waals surface area contributed by atoms with E-state index in [1.54, 1.807) is 6.92 Å². The molecule has 2 N–H and O–H groups in total. The predicted octanol–water partition coefficient (Wildman–Crippen LogP) is 4.21. The Hall–Kier alpha value is -4.07. The molecule has 8 heteroatoms. The van der Waals surface area contributed by atoms with Crippen molar-refractivity contribution in [1.82, 2.24) is 10.3 Å². The number of halogens is 2. The molecular formula is C24H20F2N2O4. The van der Waals surface area contributed by atoms with Gasteiger partial charge in [0.2, 0.25) is 0 Å². The molecule has 1 heterocycles. The molecule has 0 saturated carbocycles. The minimum Gasteiger partial charge on any atom is -0.505 e. The zero-order chi connectivity index (χ0) is 23.3. The number of ether oxygens (including phenoxy) is 1. The number of nitrogens with zero attached hydrogens (tertiary/aromatic N) is 1. The number of esters is 1. The number of pyridine rings is 1. The van der Waals surface area contributed by atoms with E-state index in [4.69, 9.17) is 4.74 Å². The van der Waals surface area contributed by atoms with Crippen LogP contribution in [0.15, 0.2) is 72.6 Å². The van der Waals surface area contributed by atoms with Crippen molar-refractivity contribution in [3.8, 4) is 5.75 Å². The highest BCUT2D eigenvalue weighted by Crippen LogP contribution is 2.28. The van der Waals surface area contributed by atoms with E-state index in [0.717, 1.165) is 0 Å². The van der Waals surface area contributed by atoms with Crippen molar-refractivity contribution in [2.75, 3.05) is 0 Å². The van der Waals surface area contributed by atoms with Gasteiger partial charge in [0.1, 0.15) is 29.2 Å². The first-order chi connectivity index (χ1) is 15.3. The second-order valence-corrected chi connectivity index (χ2v) is 6.93. The lowest BCUT2D eigenvalue weighted by Crippen LogP contribution is -2.39. The Morgan fingerprint density at radius 1 is 0.969 bits per heavy atom. The summed E-state index contributed by atoms with van der Waals surface area (Å²) in [6, 6.07) is 12.8. The summed E-state index contributed by atoms with van der Waals surface area (Å²) in [5.41, 5.74) is 1.34. The molecule has 1 atom stereocenters. The lowest BCUT2D eigenvalue weighted by Gasteiger charge is -2.17. The van der Waals surface area contributed by atoms with Crippen molar-refractivity contribution in [3.05, 3.63) is 101 Å². The summed E-state index contributed by atoms with van der Waals surface area (Å²) in [6.45, 7) is 2.96. The Bertz CT molecular complexity index is 1110. The summed E-state index contributed by atoms with van der Waals surface area (Å²) in [7, 11) is 0. The van der Waals surface area contributed by atoms with Crippen molar-refractivity contribution < 1.29 is 28.2 Å². The molecule has 6 nitrogen and oxygen atoms in total. The first-order valence-corrected chi connectivity index (χ1v) is 9.65. The molecule has 0 spiro atoms. The number of benzene rings is 2. The number of hydrogen-bond acceptors (Lipinski definition) is 5. The molecule has 0 bridgehead atoms. The number of aromatic nitrogens is 1. The smallest absolute Gasteiger partial charge is 0.333 e. The first-order valence-electron chi connectivity index (χ1n) is 9.65. The van der Waals surface area contributed by atoms with E-state index in [1.165, 1.54) is 73.8 Å². The maximum atomic E-state index is 13.4. The average molecular weight is 438 g/mol. The summed E-state index contributed by atoms with van der Waals surface area (Å²) < 4.78 is 32.3. The first kappa shape index (κ1) is 22.6. The van der Waals surface area contributed by atoms with E-state index in [-0.39, 0.29) is 17.2 Å². The van der Waals surface area contributed by atoms with Crippen LogP contribution < -0.4 is 5.32 Å². The van der Waals surface area contributed by atoms with Crippen molar-refractivity contribution in [1.29, 1.82) is 0 Å². The molecular weight excluding hydrogens is 418 g/mol. The second kappa shape index (κ2) is 9.82. The molecule has 0 fully saturated rings. The van der Waals surface area contributed by atoms with Gasteiger partial charge >= 0.3 is 5.97 Å². The maximum Gasteiger partial charge on any atom is 0.333 e. The number of rotatable bonds is 6. The van der Waals surface area contributed by atoms with Crippen molar-refractivity contribution in [3.63, 3.8) is 0 Å². The van der Waals surface area contributed by atoms with Gasteiger partial charge in [0.05, 0.1) is 0 Å². The summed E-state index contributed by atoms with van der Waals surface area (Å²) in [6.07, 6.45) is 1.34. The molecule has 3 rings (SSSR count). The van der Waals surface area contributed by atoms with Gasteiger partial charge in [-0.15, -0.1) is 0 Å². The van der Waals surface area contributed by atoms with E-state index in [2.05, 4.69) is 10.3 Å². The predicted molar refractivity (Wildman–Crippen MR) is 113 cm³/mol. The lowest BCUT2D eigenvalue weighted by molar-refractivity contribution is -0.141. The largest absolute Gasteiger partial charge is 0.505 e. The summed E-state index contributed by atoms with van der Waals surface area (Å²) in [4.78, 5) is 28.7. The Kier molecular flexibility index (Phi) is 6.94.